The van der Waals surface area contributed by atoms with E-state index in [2.05, 4.69) is 39.9 Å². The van der Waals surface area contributed by atoms with Crippen LogP contribution in [0.5, 0.6) is 0 Å². The normalized spacial score (nSPS) is 28.2. The largest absolute Gasteiger partial charge is 0.335 e. The van der Waals surface area contributed by atoms with Crippen LogP contribution in [0.4, 0.5) is 4.79 Å². The standard InChI is InChI=1S/C15H30N2O/c1-6-17(10-11(2)3)15(18)16-14-9-7-8-12(4)13(14)5/h11-14H,6-10H2,1-5H3,(H,16,18). The van der Waals surface area contributed by atoms with Crippen molar-refractivity contribution in [2.45, 2.75) is 59.9 Å². The summed E-state index contributed by atoms with van der Waals surface area (Å²) < 4.78 is 0. The second-order valence-electron chi connectivity index (χ2n) is 6.26. The summed E-state index contributed by atoms with van der Waals surface area (Å²) in [6, 6.07) is 0.486. The Bertz CT molecular complexity index is 265. The topological polar surface area (TPSA) is 32.3 Å². The van der Waals surface area contributed by atoms with Gasteiger partial charge in [0.1, 0.15) is 0 Å². The van der Waals surface area contributed by atoms with Crippen LogP contribution in [0.3, 0.4) is 0 Å². The molecule has 1 saturated carbocycles. The molecule has 0 radical (unpaired) electrons. The number of hydrogen-bond acceptors (Lipinski definition) is 1. The van der Waals surface area contributed by atoms with Crippen LogP contribution in [0.25, 0.3) is 0 Å². The van der Waals surface area contributed by atoms with E-state index in [1.54, 1.807) is 0 Å². The van der Waals surface area contributed by atoms with Gasteiger partial charge in [0.05, 0.1) is 0 Å². The molecule has 0 saturated heterocycles. The van der Waals surface area contributed by atoms with Crippen molar-refractivity contribution in [3.8, 4) is 0 Å². The Labute approximate surface area is 112 Å². The van der Waals surface area contributed by atoms with Crippen molar-refractivity contribution < 1.29 is 4.79 Å². The lowest BCUT2D eigenvalue weighted by Gasteiger charge is -2.36. The van der Waals surface area contributed by atoms with Crippen LogP contribution in [0.2, 0.25) is 0 Å². The third-order valence-corrected chi connectivity index (χ3v) is 4.27. The van der Waals surface area contributed by atoms with Gasteiger partial charge in [0.2, 0.25) is 0 Å². The number of urea groups is 1. The molecule has 3 unspecified atom stereocenters. The maximum Gasteiger partial charge on any atom is 0.317 e. The summed E-state index contributed by atoms with van der Waals surface area (Å²) in [5.41, 5.74) is 0. The predicted molar refractivity (Wildman–Crippen MR) is 76.6 cm³/mol. The molecule has 0 aromatic heterocycles. The highest BCUT2D eigenvalue weighted by atomic mass is 16.2. The van der Waals surface area contributed by atoms with Crippen molar-refractivity contribution in [1.29, 1.82) is 0 Å². The zero-order valence-corrected chi connectivity index (χ0v) is 12.7. The highest BCUT2D eigenvalue weighted by molar-refractivity contribution is 5.74. The molecule has 2 amide bonds. The summed E-state index contributed by atoms with van der Waals surface area (Å²) in [4.78, 5) is 14.2. The van der Waals surface area contributed by atoms with E-state index in [0.29, 0.717) is 17.9 Å². The number of nitrogens with one attached hydrogen (secondary N) is 1. The second kappa shape index (κ2) is 7.01. The molecule has 3 heteroatoms. The molecule has 1 aliphatic rings. The number of carbonyl (C=O) groups excluding carboxylic acids is 1. The van der Waals surface area contributed by atoms with Gasteiger partial charge in [-0.1, -0.05) is 40.5 Å². The lowest BCUT2D eigenvalue weighted by atomic mass is 9.78. The van der Waals surface area contributed by atoms with E-state index in [4.69, 9.17) is 0 Å². The first-order valence-electron chi connectivity index (χ1n) is 7.51. The van der Waals surface area contributed by atoms with Gasteiger partial charge in [-0.2, -0.15) is 0 Å². The van der Waals surface area contributed by atoms with Crippen molar-refractivity contribution in [3.63, 3.8) is 0 Å². The zero-order chi connectivity index (χ0) is 13.7. The molecule has 3 atom stereocenters. The average Bonchev–Trinajstić information content (AvgIpc) is 2.31. The Morgan fingerprint density at radius 3 is 2.56 bits per heavy atom. The minimum Gasteiger partial charge on any atom is -0.335 e. The van der Waals surface area contributed by atoms with Gasteiger partial charge >= 0.3 is 6.03 Å². The van der Waals surface area contributed by atoms with Crippen molar-refractivity contribution >= 4 is 6.03 Å². The van der Waals surface area contributed by atoms with E-state index < -0.39 is 0 Å². The Balaban J connectivity index is 2.51. The van der Waals surface area contributed by atoms with Crippen LogP contribution in [0.15, 0.2) is 0 Å². The van der Waals surface area contributed by atoms with Crippen LogP contribution < -0.4 is 5.32 Å². The molecule has 0 heterocycles. The van der Waals surface area contributed by atoms with Crippen LogP contribution >= 0.6 is 0 Å². The third kappa shape index (κ3) is 4.18. The van der Waals surface area contributed by atoms with Crippen molar-refractivity contribution in [2.75, 3.05) is 13.1 Å². The third-order valence-electron chi connectivity index (χ3n) is 4.27. The Morgan fingerprint density at radius 2 is 2.00 bits per heavy atom. The van der Waals surface area contributed by atoms with Gasteiger partial charge < -0.3 is 10.2 Å². The molecule has 0 aromatic rings. The Morgan fingerprint density at radius 1 is 1.33 bits per heavy atom. The lowest BCUT2D eigenvalue weighted by Crippen LogP contribution is -2.50. The molecule has 1 N–H and O–H groups in total. The first-order chi connectivity index (χ1) is 8.45. The number of rotatable bonds is 4. The molecule has 1 aliphatic carbocycles. The van der Waals surface area contributed by atoms with Gasteiger partial charge in [-0.25, -0.2) is 4.79 Å². The Hall–Kier alpha value is -0.730. The molecular formula is C15H30N2O. The SMILES string of the molecule is CCN(CC(C)C)C(=O)NC1CCCC(C)C1C. The fraction of sp³-hybridized carbons (Fsp3) is 0.933. The maximum atomic E-state index is 12.2. The van der Waals surface area contributed by atoms with E-state index in [9.17, 15) is 4.79 Å². The van der Waals surface area contributed by atoms with E-state index in [0.717, 1.165) is 25.4 Å². The summed E-state index contributed by atoms with van der Waals surface area (Å²) in [6.07, 6.45) is 3.68. The summed E-state index contributed by atoms with van der Waals surface area (Å²) >= 11 is 0. The van der Waals surface area contributed by atoms with Gasteiger partial charge in [-0.3, -0.25) is 0 Å². The highest BCUT2D eigenvalue weighted by Gasteiger charge is 2.29. The second-order valence-corrected chi connectivity index (χ2v) is 6.26. The van der Waals surface area contributed by atoms with Crippen LogP contribution in [-0.2, 0) is 0 Å². The highest BCUT2D eigenvalue weighted by Crippen LogP contribution is 2.29. The smallest absolute Gasteiger partial charge is 0.317 e. The van der Waals surface area contributed by atoms with E-state index in [-0.39, 0.29) is 6.03 Å². The molecule has 0 bridgehead atoms. The average molecular weight is 254 g/mol. The van der Waals surface area contributed by atoms with Gasteiger partial charge in [0, 0.05) is 19.1 Å². The lowest BCUT2D eigenvalue weighted by molar-refractivity contribution is 0.165. The zero-order valence-electron chi connectivity index (χ0n) is 12.7. The molecule has 1 fully saturated rings. The fourth-order valence-corrected chi connectivity index (χ4v) is 2.83. The predicted octanol–water partition coefficient (Wildman–Crippen LogP) is 3.50. The first kappa shape index (κ1) is 15.3. The molecule has 0 aliphatic heterocycles. The van der Waals surface area contributed by atoms with Crippen LogP contribution in [-0.4, -0.2) is 30.1 Å². The van der Waals surface area contributed by atoms with Gasteiger partial charge in [-0.15, -0.1) is 0 Å². The molecule has 0 aromatic carbocycles. The van der Waals surface area contributed by atoms with Crippen molar-refractivity contribution in [2.24, 2.45) is 17.8 Å². The number of carbonyl (C=O) groups is 1. The van der Waals surface area contributed by atoms with Gasteiger partial charge in [-0.05, 0) is 31.1 Å². The quantitative estimate of drug-likeness (QED) is 0.818. The fourth-order valence-electron chi connectivity index (χ4n) is 2.83. The number of amides is 2. The first-order valence-corrected chi connectivity index (χ1v) is 7.51. The van der Waals surface area contributed by atoms with Crippen molar-refractivity contribution in [1.82, 2.24) is 10.2 Å². The molecule has 18 heavy (non-hydrogen) atoms. The number of nitrogens with zero attached hydrogens (tertiary/aromatic N) is 1. The number of hydrogen-bond donors (Lipinski definition) is 1. The summed E-state index contributed by atoms with van der Waals surface area (Å²) in [5.74, 6) is 1.85. The molecule has 1 rings (SSSR count). The summed E-state index contributed by atoms with van der Waals surface area (Å²) in [5, 5.41) is 3.24. The Kier molecular flexibility index (Phi) is 5.97. The minimum absolute atomic E-state index is 0.122. The van der Waals surface area contributed by atoms with E-state index in [1.807, 2.05) is 4.90 Å². The van der Waals surface area contributed by atoms with Crippen LogP contribution in [0.1, 0.15) is 53.9 Å². The molecule has 0 spiro atoms. The molecule has 3 nitrogen and oxygen atoms in total. The summed E-state index contributed by atoms with van der Waals surface area (Å²) in [6.45, 7) is 12.6. The van der Waals surface area contributed by atoms with Crippen LogP contribution in [0, 0.1) is 17.8 Å². The summed E-state index contributed by atoms with van der Waals surface area (Å²) in [7, 11) is 0. The van der Waals surface area contributed by atoms with Crippen molar-refractivity contribution in [3.05, 3.63) is 0 Å². The molecular weight excluding hydrogens is 224 g/mol. The molecule has 106 valence electrons. The minimum atomic E-state index is 0.122. The monoisotopic (exact) mass is 254 g/mol. The maximum absolute atomic E-state index is 12.2. The van der Waals surface area contributed by atoms with Gasteiger partial charge in [0.25, 0.3) is 0 Å². The van der Waals surface area contributed by atoms with E-state index in [1.165, 1.54) is 12.8 Å². The van der Waals surface area contributed by atoms with E-state index >= 15 is 0 Å². The van der Waals surface area contributed by atoms with Gasteiger partial charge in [0.15, 0.2) is 0 Å².